The van der Waals surface area contributed by atoms with Gasteiger partial charge in [0.25, 0.3) is 0 Å². The molecule has 0 spiro atoms. The molecule has 0 aliphatic heterocycles. The largest absolute Gasteiger partial charge is 0.347 e. The lowest BCUT2D eigenvalue weighted by Crippen LogP contribution is -2.17. The molecule has 0 saturated heterocycles. The van der Waals surface area contributed by atoms with Gasteiger partial charge in [-0.15, -0.1) is 0 Å². The fourth-order valence-electron chi connectivity index (χ4n) is 2.78. The molecule has 1 aromatic heterocycles. The maximum Gasteiger partial charge on any atom is 0.229 e. The van der Waals surface area contributed by atoms with Crippen molar-refractivity contribution in [2.75, 3.05) is 16.3 Å². The molecule has 0 aliphatic carbocycles. The number of hydrogen-bond donors (Lipinski definition) is 2. The molecule has 2 N–H and O–H groups in total. The van der Waals surface area contributed by atoms with E-state index in [1.165, 1.54) is 24.5 Å². The summed E-state index contributed by atoms with van der Waals surface area (Å²) in [4.78, 5) is 8.25. The Hall–Kier alpha value is -3.51. The normalized spacial score (nSPS) is 12.0. The van der Waals surface area contributed by atoms with Gasteiger partial charge in [0.05, 0.1) is 35.9 Å². The predicted molar refractivity (Wildman–Crippen MR) is 108 cm³/mol. The Labute approximate surface area is 168 Å². The number of nitriles is 1. The lowest BCUT2D eigenvalue weighted by Gasteiger charge is -2.21. The van der Waals surface area contributed by atoms with E-state index in [9.17, 15) is 12.8 Å². The highest BCUT2D eigenvalue weighted by Gasteiger charge is 2.17. The number of halogens is 1. The van der Waals surface area contributed by atoms with Gasteiger partial charge in [0, 0.05) is 0 Å². The Morgan fingerprint density at radius 3 is 2.38 bits per heavy atom. The minimum Gasteiger partial charge on any atom is -0.347 e. The molecule has 0 amide bonds. The monoisotopic (exact) mass is 411 g/mol. The molecular weight excluding hydrogens is 393 g/mol. The summed E-state index contributed by atoms with van der Waals surface area (Å²) in [5.74, 6) is -0.0619. The van der Waals surface area contributed by atoms with Gasteiger partial charge in [0.2, 0.25) is 16.0 Å². The number of aromatic nitrogens is 2. The van der Waals surface area contributed by atoms with Crippen LogP contribution in [0.4, 0.5) is 16.0 Å². The molecule has 3 rings (SSSR count). The minimum atomic E-state index is -3.45. The highest BCUT2D eigenvalue weighted by atomic mass is 32.2. The maximum atomic E-state index is 13.4. The topological polar surface area (TPSA) is 108 Å². The number of nitrogens with zero attached hydrogens (tertiary/aromatic N) is 3. The molecule has 2 aromatic carbocycles. The molecule has 0 fully saturated rings. The summed E-state index contributed by atoms with van der Waals surface area (Å²) in [7, 11) is -3.45. The van der Waals surface area contributed by atoms with E-state index in [0.29, 0.717) is 23.6 Å². The highest BCUT2D eigenvalue weighted by molar-refractivity contribution is 7.92. The van der Waals surface area contributed by atoms with Gasteiger partial charge in [-0.2, -0.15) is 5.26 Å². The first-order valence-corrected chi connectivity index (χ1v) is 10.5. The van der Waals surface area contributed by atoms with E-state index in [4.69, 9.17) is 5.26 Å². The van der Waals surface area contributed by atoms with Crippen molar-refractivity contribution in [2.45, 2.75) is 12.5 Å². The molecular formula is C20H18FN5O2S. The molecule has 0 aliphatic rings. The molecule has 1 heterocycles. The van der Waals surface area contributed by atoms with Crippen LogP contribution in [0.1, 0.15) is 22.7 Å². The van der Waals surface area contributed by atoms with Gasteiger partial charge < -0.3 is 5.32 Å². The van der Waals surface area contributed by atoms with Crippen LogP contribution >= 0.6 is 0 Å². The van der Waals surface area contributed by atoms with Crippen LogP contribution in [-0.2, 0) is 16.4 Å². The second-order valence-corrected chi connectivity index (χ2v) is 8.14. The zero-order valence-electron chi connectivity index (χ0n) is 15.5. The van der Waals surface area contributed by atoms with E-state index >= 15 is 0 Å². The second-order valence-electron chi connectivity index (χ2n) is 6.39. The molecule has 1 unspecified atom stereocenters. The summed E-state index contributed by atoms with van der Waals surface area (Å²) < 4.78 is 39.3. The molecule has 0 bridgehead atoms. The smallest absolute Gasteiger partial charge is 0.229 e. The maximum absolute atomic E-state index is 13.4. The number of sulfonamides is 1. The Kier molecular flexibility index (Phi) is 6.04. The van der Waals surface area contributed by atoms with Crippen molar-refractivity contribution in [1.29, 1.82) is 5.26 Å². The van der Waals surface area contributed by atoms with E-state index in [-0.39, 0.29) is 11.9 Å². The molecule has 0 saturated carbocycles. The lowest BCUT2D eigenvalue weighted by atomic mass is 9.98. The zero-order chi connectivity index (χ0) is 20.9. The van der Waals surface area contributed by atoms with E-state index in [1.807, 2.05) is 18.2 Å². The third-order valence-electron chi connectivity index (χ3n) is 4.09. The van der Waals surface area contributed by atoms with Gasteiger partial charge >= 0.3 is 0 Å². The van der Waals surface area contributed by atoms with Crippen LogP contribution in [0.3, 0.4) is 0 Å². The molecule has 29 heavy (non-hydrogen) atoms. The SMILES string of the molecule is CS(=O)(=O)Nc1ccccc1CC(Nc1ncc(C#N)cn1)c1ccc(F)cc1. The first-order valence-electron chi connectivity index (χ1n) is 8.64. The number of benzene rings is 2. The second kappa shape index (κ2) is 8.67. The first-order chi connectivity index (χ1) is 13.8. The predicted octanol–water partition coefficient (Wildman–Crippen LogP) is 3.25. The van der Waals surface area contributed by atoms with E-state index in [2.05, 4.69) is 20.0 Å². The molecule has 1 atom stereocenters. The zero-order valence-corrected chi connectivity index (χ0v) is 16.3. The summed E-state index contributed by atoms with van der Waals surface area (Å²) >= 11 is 0. The molecule has 3 aromatic rings. The quantitative estimate of drug-likeness (QED) is 0.618. The van der Waals surface area contributed by atoms with Gasteiger partial charge in [-0.25, -0.2) is 22.8 Å². The van der Waals surface area contributed by atoms with Crippen molar-refractivity contribution in [3.63, 3.8) is 0 Å². The van der Waals surface area contributed by atoms with Crippen molar-refractivity contribution in [3.8, 4) is 6.07 Å². The van der Waals surface area contributed by atoms with Gasteiger partial charge in [0.1, 0.15) is 11.9 Å². The third kappa shape index (κ3) is 5.73. The number of para-hydroxylation sites is 1. The summed E-state index contributed by atoms with van der Waals surface area (Å²) in [6.07, 6.45) is 4.27. The fraction of sp³-hybridized carbons (Fsp3) is 0.150. The Morgan fingerprint density at radius 1 is 1.10 bits per heavy atom. The average Bonchev–Trinajstić information content (AvgIpc) is 2.69. The van der Waals surface area contributed by atoms with Crippen LogP contribution in [0.25, 0.3) is 0 Å². The van der Waals surface area contributed by atoms with E-state index in [1.54, 1.807) is 24.3 Å². The van der Waals surface area contributed by atoms with Gasteiger partial charge in [0.15, 0.2) is 0 Å². The van der Waals surface area contributed by atoms with Crippen LogP contribution in [0.5, 0.6) is 0 Å². The Balaban J connectivity index is 1.93. The van der Waals surface area contributed by atoms with Gasteiger partial charge in [-0.1, -0.05) is 30.3 Å². The van der Waals surface area contributed by atoms with Crippen LogP contribution in [-0.4, -0.2) is 24.6 Å². The van der Waals surface area contributed by atoms with Crippen molar-refractivity contribution in [2.24, 2.45) is 0 Å². The molecule has 0 radical (unpaired) electrons. The summed E-state index contributed by atoms with van der Waals surface area (Å²) in [5.41, 5.74) is 2.31. The van der Waals surface area contributed by atoms with Crippen molar-refractivity contribution in [3.05, 3.63) is 83.4 Å². The van der Waals surface area contributed by atoms with E-state index < -0.39 is 10.0 Å². The van der Waals surface area contributed by atoms with Crippen LogP contribution in [0.2, 0.25) is 0 Å². The number of hydrogen-bond acceptors (Lipinski definition) is 6. The number of rotatable bonds is 7. The Bertz CT molecular complexity index is 1130. The van der Waals surface area contributed by atoms with Crippen LogP contribution in [0, 0.1) is 17.1 Å². The average molecular weight is 411 g/mol. The van der Waals surface area contributed by atoms with Crippen molar-refractivity contribution >= 4 is 21.7 Å². The molecule has 9 heteroatoms. The van der Waals surface area contributed by atoms with Crippen molar-refractivity contribution in [1.82, 2.24) is 9.97 Å². The van der Waals surface area contributed by atoms with Crippen LogP contribution in [0.15, 0.2) is 60.9 Å². The standard InChI is InChI=1S/C20H18FN5O2S/c1-29(27,28)26-18-5-3-2-4-16(18)10-19(15-6-8-17(21)9-7-15)25-20-23-12-14(11-22)13-24-20/h2-9,12-13,19,26H,10H2,1H3,(H,23,24,25). The van der Waals surface area contributed by atoms with E-state index in [0.717, 1.165) is 17.4 Å². The van der Waals surface area contributed by atoms with Crippen molar-refractivity contribution < 1.29 is 12.8 Å². The first kappa shape index (κ1) is 20.2. The molecule has 148 valence electrons. The number of nitrogens with one attached hydrogen (secondary N) is 2. The molecule has 7 nitrogen and oxygen atoms in total. The van der Waals surface area contributed by atoms with Gasteiger partial charge in [-0.05, 0) is 35.7 Å². The lowest BCUT2D eigenvalue weighted by molar-refractivity contribution is 0.606. The summed E-state index contributed by atoms with van der Waals surface area (Å²) in [6, 6.07) is 14.6. The number of anilines is 2. The summed E-state index contributed by atoms with van der Waals surface area (Å²) in [5, 5.41) is 12.1. The van der Waals surface area contributed by atoms with Gasteiger partial charge in [-0.3, -0.25) is 4.72 Å². The fourth-order valence-corrected chi connectivity index (χ4v) is 3.38. The minimum absolute atomic E-state index is 0.298. The third-order valence-corrected chi connectivity index (χ3v) is 4.68. The highest BCUT2D eigenvalue weighted by Crippen LogP contribution is 2.26. The van der Waals surface area contributed by atoms with Crippen LogP contribution < -0.4 is 10.0 Å². The summed E-state index contributed by atoms with van der Waals surface area (Å²) in [6.45, 7) is 0. The Morgan fingerprint density at radius 2 is 1.76 bits per heavy atom.